The Bertz CT molecular complexity index is 1110. The van der Waals surface area contributed by atoms with E-state index in [9.17, 15) is 4.79 Å². The first-order valence-electron chi connectivity index (χ1n) is 9.33. The van der Waals surface area contributed by atoms with Gasteiger partial charge >= 0.3 is 5.97 Å². The van der Waals surface area contributed by atoms with Crippen LogP contribution >= 0.6 is 46.8 Å². The van der Waals surface area contributed by atoms with Crippen molar-refractivity contribution in [3.05, 3.63) is 57.4 Å². The number of carbonyl (C=O) groups is 1. The molecule has 1 aliphatic rings. The van der Waals surface area contributed by atoms with E-state index in [4.69, 9.17) is 40.2 Å². The van der Waals surface area contributed by atoms with Crippen LogP contribution in [0.2, 0.25) is 10.0 Å². The molecule has 1 saturated heterocycles. The molecular formula is C21H19Cl2N3O2S2. The SMILES string of the molecule is COC(=O)c1sc2cc(NC(=S)N3CCN(c4cccc(Cl)c4)CC3)ccc2c1Cl. The summed E-state index contributed by atoms with van der Waals surface area (Å²) >= 11 is 19.4. The Morgan fingerprint density at radius 1 is 1.13 bits per heavy atom. The quantitative estimate of drug-likeness (QED) is 0.394. The van der Waals surface area contributed by atoms with E-state index < -0.39 is 5.97 Å². The molecule has 0 amide bonds. The Balaban J connectivity index is 1.41. The third-order valence-electron chi connectivity index (χ3n) is 4.99. The van der Waals surface area contributed by atoms with Gasteiger partial charge in [-0.05, 0) is 48.6 Å². The monoisotopic (exact) mass is 479 g/mol. The first-order chi connectivity index (χ1) is 14.5. The molecule has 2 aromatic carbocycles. The molecule has 1 N–H and O–H groups in total. The molecule has 0 radical (unpaired) electrons. The zero-order valence-electron chi connectivity index (χ0n) is 16.2. The standard InChI is InChI=1S/C21H19Cl2N3O2S2/c1-28-20(27)19-18(23)16-6-5-14(12-17(16)30-19)24-21(29)26-9-7-25(8-10-26)15-4-2-3-13(22)11-15/h2-6,11-12H,7-10H2,1H3,(H,24,29). The minimum atomic E-state index is -0.427. The summed E-state index contributed by atoms with van der Waals surface area (Å²) < 4.78 is 5.70. The minimum Gasteiger partial charge on any atom is -0.465 e. The third kappa shape index (κ3) is 4.34. The third-order valence-corrected chi connectivity index (χ3v) is 7.22. The first-order valence-corrected chi connectivity index (χ1v) is 11.3. The highest BCUT2D eigenvalue weighted by Crippen LogP contribution is 2.37. The molecule has 3 aromatic rings. The molecule has 0 spiro atoms. The Kier molecular flexibility index (Phi) is 6.34. The highest BCUT2D eigenvalue weighted by atomic mass is 35.5. The summed E-state index contributed by atoms with van der Waals surface area (Å²) in [4.78, 5) is 16.7. The number of anilines is 2. The second-order valence-electron chi connectivity index (χ2n) is 6.83. The van der Waals surface area contributed by atoms with Crippen LogP contribution in [-0.2, 0) is 4.74 Å². The van der Waals surface area contributed by atoms with Gasteiger partial charge in [0.1, 0.15) is 4.88 Å². The molecule has 156 valence electrons. The van der Waals surface area contributed by atoms with Crippen molar-refractivity contribution in [2.45, 2.75) is 0 Å². The number of ether oxygens (including phenoxy) is 1. The van der Waals surface area contributed by atoms with Crippen LogP contribution in [0.5, 0.6) is 0 Å². The molecule has 30 heavy (non-hydrogen) atoms. The van der Waals surface area contributed by atoms with Gasteiger partial charge in [-0.1, -0.05) is 29.3 Å². The molecule has 0 aliphatic carbocycles. The lowest BCUT2D eigenvalue weighted by atomic mass is 10.2. The Hall–Kier alpha value is -2.06. The number of carbonyl (C=O) groups excluding carboxylic acids is 1. The minimum absolute atomic E-state index is 0.408. The summed E-state index contributed by atoms with van der Waals surface area (Å²) in [5, 5.41) is 5.98. The van der Waals surface area contributed by atoms with Crippen molar-refractivity contribution in [3.63, 3.8) is 0 Å². The predicted molar refractivity (Wildman–Crippen MR) is 130 cm³/mol. The lowest BCUT2D eigenvalue weighted by Gasteiger charge is -2.37. The van der Waals surface area contributed by atoms with Crippen molar-refractivity contribution < 1.29 is 9.53 Å². The summed E-state index contributed by atoms with van der Waals surface area (Å²) in [6.07, 6.45) is 0. The van der Waals surface area contributed by atoms with Gasteiger partial charge in [0, 0.05) is 52.7 Å². The van der Waals surface area contributed by atoms with Crippen LogP contribution in [0.15, 0.2) is 42.5 Å². The van der Waals surface area contributed by atoms with Gasteiger partial charge in [0.25, 0.3) is 0 Å². The number of esters is 1. The molecular weight excluding hydrogens is 461 g/mol. The number of nitrogens with one attached hydrogen (secondary N) is 1. The maximum absolute atomic E-state index is 11.9. The second-order valence-corrected chi connectivity index (χ2v) is 9.09. The van der Waals surface area contributed by atoms with Crippen molar-refractivity contribution in [1.82, 2.24) is 4.90 Å². The lowest BCUT2D eigenvalue weighted by molar-refractivity contribution is 0.0606. The zero-order chi connectivity index (χ0) is 21.3. The normalized spacial score (nSPS) is 14.1. The van der Waals surface area contributed by atoms with Crippen LogP contribution < -0.4 is 10.2 Å². The van der Waals surface area contributed by atoms with Crippen molar-refractivity contribution >= 4 is 79.3 Å². The largest absolute Gasteiger partial charge is 0.465 e. The van der Waals surface area contributed by atoms with Gasteiger partial charge < -0.3 is 19.9 Å². The van der Waals surface area contributed by atoms with Gasteiger partial charge in [0.2, 0.25) is 0 Å². The Morgan fingerprint density at radius 3 is 2.60 bits per heavy atom. The number of fused-ring (bicyclic) bond motifs is 1. The van der Waals surface area contributed by atoms with Crippen molar-refractivity contribution in [1.29, 1.82) is 0 Å². The predicted octanol–water partition coefficient (Wildman–Crippen LogP) is 5.51. The van der Waals surface area contributed by atoms with E-state index in [1.165, 1.54) is 18.4 Å². The Labute approximate surface area is 194 Å². The number of nitrogens with zero attached hydrogens (tertiary/aromatic N) is 2. The number of thiocarbonyl (C=S) groups is 1. The van der Waals surface area contributed by atoms with E-state index in [1.54, 1.807) is 0 Å². The fourth-order valence-electron chi connectivity index (χ4n) is 3.41. The first kappa shape index (κ1) is 21.2. The maximum Gasteiger partial charge on any atom is 0.349 e. The van der Waals surface area contributed by atoms with E-state index in [0.717, 1.165) is 52.7 Å². The molecule has 0 saturated carbocycles. The molecule has 0 unspecified atom stereocenters. The van der Waals surface area contributed by atoms with Gasteiger partial charge in [-0.3, -0.25) is 0 Å². The summed E-state index contributed by atoms with van der Waals surface area (Å²) in [7, 11) is 1.35. The van der Waals surface area contributed by atoms with Crippen LogP contribution in [0.1, 0.15) is 9.67 Å². The number of halogens is 2. The maximum atomic E-state index is 11.9. The van der Waals surface area contributed by atoms with Crippen molar-refractivity contribution in [2.75, 3.05) is 43.5 Å². The number of methoxy groups -OCH3 is 1. The molecule has 0 atom stereocenters. The van der Waals surface area contributed by atoms with E-state index in [-0.39, 0.29) is 0 Å². The lowest BCUT2D eigenvalue weighted by Crippen LogP contribution is -2.50. The molecule has 0 bridgehead atoms. The van der Waals surface area contributed by atoms with E-state index in [2.05, 4.69) is 21.2 Å². The smallest absolute Gasteiger partial charge is 0.349 e. The number of hydrogen-bond donors (Lipinski definition) is 1. The van der Waals surface area contributed by atoms with Gasteiger partial charge in [-0.2, -0.15) is 0 Å². The van der Waals surface area contributed by atoms with E-state index >= 15 is 0 Å². The highest BCUT2D eigenvalue weighted by Gasteiger charge is 2.21. The number of piperazine rings is 1. The number of benzene rings is 2. The van der Waals surface area contributed by atoms with Crippen LogP contribution in [0.25, 0.3) is 10.1 Å². The highest BCUT2D eigenvalue weighted by molar-refractivity contribution is 7.80. The molecule has 5 nitrogen and oxygen atoms in total. The summed E-state index contributed by atoms with van der Waals surface area (Å²) in [6, 6.07) is 13.7. The van der Waals surface area contributed by atoms with Crippen LogP contribution in [0, 0.1) is 0 Å². The Morgan fingerprint density at radius 2 is 1.90 bits per heavy atom. The van der Waals surface area contributed by atoms with Crippen LogP contribution in [0.4, 0.5) is 11.4 Å². The zero-order valence-corrected chi connectivity index (χ0v) is 19.3. The van der Waals surface area contributed by atoms with Crippen LogP contribution in [0.3, 0.4) is 0 Å². The summed E-state index contributed by atoms with van der Waals surface area (Å²) in [6.45, 7) is 3.37. The molecule has 1 fully saturated rings. The number of hydrogen-bond acceptors (Lipinski definition) is 5. The number of thiophene rings is 1. The van der Waals surface area contributed by atoms with Crippen molar-refractivity contribution in [3.8, 4) is 0 Å². The summed E-state index contributed by atoms with van der Waals surface area (Å²) in [5.41, 5.74) is 1.99. The fourth-order valence-corrected chi connectivity index (χ4v) is 5.36. The van der Waals surface area contributed by atoms with Gasteiger partial charge in [0.15, 0.2) is 5.11 Å². The van der Waals surface area contributed by atoms with E-state index in [1.807, 2.05) is 36.4 Å². The topological polar surface area (TPSA) is 44.8 Å². The average molecular weight is 480 g/mol. The molecule has 9 heteroatoms. The van der Waals surface area contributed by atoms with Gasteiger partial charge in [-0.15, -0.1) is 11.3 Å². The fraction of sp³-hybridized carbons (Fsp3) is 0.238. The van der Waals surface area contributed by atoms with Gasteiger partial charge in [0.05, 0.1) is 12.1 Å². The summed E-state index contributed by atoms with van der Waals surface area (Å²) in [5.74, 6) is -0.427. The molecule has 1 aromatic heterocycles. The second kappa shape index (κ2) is 8.98. The molecule has 4 rings (SSSR count). The van der Waals surface area contributed by atoms with E-state index in [0.29, 0.717) is 15.0 Å². The molecule has 2 heterocycles. The van der Waals surface area contributed by atoms with Crippen LogP contribution in [-0.4, -0.2) is 49.3 Å². The van der Waals surface area contributed by atoms with Gasteiger partial charge in [-0.25, -0.2) is 4.79 Å². The molecule has 1 aliphatic heterocycles. The average Bonchev–Trinajstić information content (AvgIpc) is 3.09. The van der Waals surface area contributed by atoms with Crippen molar-refractivity contribution in [2.24, 2.45) is 0 Å². The number of rotatable bonds is 3.